The lowest BCUT2D eigenvalue weighted by Gasteiger charge is -2.34. The number of carbonyl (C=O) groups excluding carboxylic acids is 1. The van der Waals surface area contributed by atoms with Crippen molar-refractivity contribution >= 4 is 17.3 Å². The van der Waals surface area contributed by atoms with E-state index in [0.29, 0.717) is 6.42 Å². The number of thiazole rings is 1. The molecule has 0 radical (unpaired) electrons. The van der Waals surface area contributed by atoms with Gasteiger partial charge in [-0.1, -0.05) is 0 Å². The molecule has 1 aromatic heterocycles. The maximum absolute atomic E-state index is 11.1. The fourth-order valence-electron chi connectivity index (χ4n) is 2.22. The Labute approximate surface area is 118 Å². The summed E-state index contributed by atoms with van der Waals surface area (Å²) >= 11 is 1.77. The quantitative estimate of drug-likeness (QED) is 0.758. The molecule has 0 unspecified atom stereocenters. The first-order valence-corrected chi connectivity index (χ1v) is 7.42. The van der Waals surface area contributed by atoms with E-state index in [1.807, 2.05) is 13.1 Å². The van der Waals surface area contributed by atoms with E-state index in [4.69, 9.17) is 0 Å². The second kappa shape index (κ2) is 6.98. The molecular weight excluding hydrogens is 262 g/mol. The maximum Gasteiger partial charge on any atom is 0.306 e. The van der Waals surface area contributed by atoms with Crippen molar-refractivity contribution < 1.29 is 9.53 Å². The monoisotopic (exact) mass is 283 g/mol. The van der Waals surface area contributed by atoms with Gasteiger partial charge in [-0.25, -0.2) is 4.98 Å². The highest BCUT2D eigenvalue weighted by atomic mass is 32.1. The summed E-state index contributed by atoms with van der Waals surface area (Å²) < 4.78 is 4.66. The number of methoxy groups -OCH3 is 1. The average Bonchev–Trinajstić information content (AvgIpc) is 2.83. The Bertz CT molecular complexity index is 414. The molecule has 0 amide bonds. The van der Waals surface area contributed by atoms with Gasteiger partial charge in [0.1, 0.15) is 0 Å². The van der Waals surface area contributed by atoms with Crippen LogP contribution in [0.4, 0.5) is 0 Å². The number of hydrogen-bond acceptors (Lipinski definition) is 6. The number of hydrogen-bond donors (Lipinski definition) is 0. The summed E-state index contributed by atoms with van der Waals surface area (Å²) in [5.41, 5.74) is 0. The minimum Gasteiger partial charge on any atom is -0.469 e. The van der Waals surface area contributed by atoms with Crippen LogP contribution < -0.4 is 0 Å². The van der Waals surface area contributed by atoms with Crippen molar-refractivity contribution in [2.24, 2.45) is 0 Å². The molecule has 0 aromatic carbocycles. The fraction of sp³-hybridized carbons (Fsp3) is 0.692. The molecule has 0 N–H and O–H groups in total. The smallest absolute Gasteiger partial charge is 0.306 e. The first kappa shape index (κ1) is 14.4. The maximum atomic E-state index is 11.1. The van der Waals surface area contributed by atoms with Crippen molar-refractivity contribution in [3.8, 4) is 0 Å². The third-order valence-electron chi connectivity index (χ3n) is 3.37. The summed E-state index contributed by atoms with van der Waals surface area (Å²) in [6.45, 7) is 8.00. The van der Waals surface area contributed by atoms with Gasteiger partial charge < -0.3 is 9.64 Å². The van der Waals surface area contributed by atoms with Gasteiger partial charge in [0, 0.05) is 50.3 Å². The lowest BCUT2D eigenvalue weighted by molar-refractivity contribution is -0.141. The average molecular weight is 283 g/mol. The number of piperazine rings is 1. The third-order valence-corrected chi connectivity index (χ3v) is 4.27. The van der Waals surface area contributed by atoms with E-state index in [1.165, 1.54) is 12.0 Å². The molecule has 0 aliphatic carbocycles. The van der Waals surface area contributed by atoms with E-state index in [9.17, 15) is 4.79 Å². The zero-order valence-electron chi connectivity index (χ0n) is 11.6. The Kier molecular flexibility index (Phi) is 5.30. The molecular formula is C13H21N3O2S. The summed E-state index contributed by atoms with van der Waals surface area (Å²) in [4.78, 5) is 21.5. The van der Waals surface area contributed by atoms with Gasteiger partial charge in [0.15, 0.2) is 0 Å². The van der Waals surface area contributed by atoms with Crippen molar-refractivity contribution in [1.82, 2.24) is 14.8 Å². The van der Waals surface area contributed by atoms with Crippen molar-refractivity contribution in [2.75, 3.05) is 39.8 Å². The second-order valence-electron chi connectivity index (χ2n) is 4.79. The van der Waals surface area contributed by atoms with Crippen LogP contribution >= 0.6 is 11.3 Å². The van der Waals surface area contributed by atoms with E-state index in [-0.39, 0.29) is 5.97 Å². The van der Waals surface area contributed by atoms with Crippen LogP contribution in [0.25, 0.3) is 0 Å². The summed E-state index contributed by atoms with van der Waals surface area (Å²) in [6, 6.07) is 0. The standard InChI is InChI=1S/C13H21N3O2S/c1-11-14-9-12(19-11)10-16-7-5-15(6-8-16)4-3-13(17)18-2/h9H,3-8,10H2,1-2H3. The topological polar surface area (TPSA) is 45.7 Å². The molecule has 1 saturated heterocycles. The molecule has 1 aromatic rings. The van der Waals surface area contributed by atoms with Crippen molar-refractivity contribution in [3.05, 3.63) is 16.1 Å². The molecule has 1 aliphatic heterocycles. The van der Waals surface area contributed by atoms with Crippen LogP contribution in [0.15, 0.2) is 6.20 Å². The number of nitrogens with zero attached hydrogens (tertiary/aromatic N) is 3. The predicted molar refractivity (Wildman–Crippen MR) is 75.2 cm³/mol. The minimum atomic E-state index is -0.123. The first-order valence-electron chi connectivity index (χ1n) is 6.60. The van der Waals surface area contributed by atoms with Crippen LogP contribution in [-0.2, 0) is 16.1 Å². The number of ether oxygens (including phenoxy) is 1. The number of aromatic nitrogens is 1. The zero-order valence-corrected chi connectivity index (χ0v) is 12.4. The van der Waals surface area contributed by atoms with Crippen LogP contribution in [0.1, 0.15) is 16.3 Å². The molecule has 2 rings (SSSR count). The number of aryl methyl sites for hydroxylation is 1. The molecule has 0 saturated carbocycles. The molecule has 0 atom stereocenters. The van der Waals surface area contributed by atoms with E-state index < -0.39 is 0 Å². The van der Waals surface area contributed by atoms with Crippen LogP contribution in [0, 0.1) is 6.92 Å². The molecule has 5 nitrogen and oxygen atoms in total. The van der Waals surface area contributed by atoms with Crippen molar-refractivity contribution in [2.45, 2.75) is 19.9 Å². The number of esters is 1. The van der Waals surface area contributed by atoms with E-state index in [2.05, 4.69) is 19.5 Å². The molecule has 106 valence electrons. The van der Waals surface area contributed by atoms with Gasteiger partial charge in [0.2, 0.25) is 0 Å². The largest absolute Gasteiger partial charge is 0.469 e. The molecule has 19 heavy (non-hydrogen) atoms. The van der Waals surface area contributed by atoms with Crippen LogP contribution in [0.3, 0.4) is 0 Å². The van der Waals surface area contributed by atoms with Gasteiger partial charge in [-0.15, -0.1) is 11.3 Å². The fourth-order valence-corrected chi connectivity index (χ4v) is 3.06. The van der Waals surface area contributed by atoms with Crippen LogP contribution in [0.5, 0.6) is 0 Å². The number of rotatable bonds is 5. The highest BCUT2D eigenvalue weighted by molar-refractivity contribution is 7.11. The normalized spacial score (nSPS) is 17.6. The van der Waals surface area contributed by atoms with E-state index >= 15 is 0 Å². The van der Waals surface area contributed by atoms with Gasteiger partial charge in [0.05, 0.1) is 18.5 Å². The lowest BCUT2D eigenvalue weighted by atomic mass is 10.3. The molecule has 1 fully saturated rings. The molecule has 0 bridgehead atoms. The first-order chi connectivity index (χ1) is 9.17. The Morgan fingerprint density at radius 2 is 2.05 bits per heavy atom. The highest BCUT2D eigenvalue weighted by Gasteiger charge is 2.18. The summed E-state index contributed by atoms with van der Waals surface area (Å²) in [6.07, 6.45) is 2.47. The summed E-state index contributed by atoms with van der Waals surface area (Å²) in [5.74, 6) is -0.123. The van der Waals surface area contributed by atoms with Gasteiger partial charge in [-0.05, 0) is 6.92 Å². The lowest BCUT2D eigenvalue weighted by Crippen LogP contribution is -2.46. The van der Waals surface area contributed by atoms with Crippen LogP contribution in [0.2, 0.25) is 0 Å². The molecule has 0 spiro atoms. The summed E-state index contributed by atoms with van der Waals surface area (Å²) in [7, 11) is 1.44. The van der Waals surface area contributed by atoms with Crippen molar-refractivity contribution in [3.63, 3.8) is 0 Å². The SMILES string of the molecule is COC(=O)CCN1CCN(Cc2cnc(C)s2)CC1. The molecule has 6 heteroatoms. The van der Waals surface area contributed by atoms with Gasteiger partial charge in [-0.3, -0.25) is 9.69 Å². The van der Waals surface area contributed by atoms with Crippen LogP contribution in [-0.4, -0.2) is 60.6 Å². The van der Waals surface area contributed by atoms with Gasteiger partial charge in [0.25, 0.3) is 0 Å². The third kappa shape index (κ3) is 4.56. The Balaban J connectivity index is 1.69. The Morgan fingerprint density at radius 1 is 1.37 bits per heavy atom. The molecule has 2 heterocycles. The summed E-state index contributed by atoms with van der Waals surface area (Å²) in [5, 5.41) is 1.13. The van der Waals surface area contributed by atoms with E-state index in [0.717, 1.165) is 44.3 Å². The van der Waals surface area contributed by atoms with E-state index in [1.54, 1.807) is 11.3 Å². The van der Waals surface area contributed by atoms with Gasteiger partial charge >= 0.3 is 5.97 Å². The van der Waals surface area contributed by atoms with Gasteiger partial charge in [-0.2, -0.15) is 0 Å². The number of carbonyl (C=O) groups is 1. The zero-order chi connectivity index (χ0) is 13.7. The molecule has 1 aliphatic rings. The predicted octanol–water partition coefficient (Wildman–Crippen LogP) is 1.13. The Hall–Kier alpha value is -0.980. The minimum absolute atomic E-state index is 0.123. The van der Waals surface area contributed by atoms with Crippen molar-refractivity contribution in [1.29, 1.82) is 0 Å². The second-order valence-corrected chi connectivity index (χ2v) is 6.11. The highest BCUT2D eigenvalue weighted by Crippen LogP contribution is 2.15. The Morgan fingerprint density at radius 3 is 2.63 bits per heavy atom.